The minimum atomic E-state index is 0.589. The van der Waals surface area contributed by atoms with E-state index in [0.717, 1.165) is 13.1 Å². The number of piperazine rings is 1. The summed E-state index contributed by atoms with van der Waals surface area (Å²) in [5, 5.41) is 3.49. The molecule has 0 aromatic heterocycles. The maximum Gasteiger partial charge on any atom is 0.0387 e. The number of hydrogen-bond donors (Lipinski definition) is 1. The fourth-order valence-corrected chi connectivity index (χ4v) is 2.00. The SMILES string of the molecule is C[C@@H]1CN(c2ccccc2)[C@@H](C)CN1. The Bertz CT molecular complexity index is 284. The van der Waals surface area contributed by atoms with E-state index in [0.29, 0.717) is 12.1 Å². The zero-order chi connectivity index (χ0) is 9.97. The molecule has 0 radical (unpaired) electrons. The smallest absolute Gasteiger partial charge is 0.0387 e. The van der Waals surface area contributed by atoms with E-state index in [1.807, 2.05) is 0 Å². The van der Waals surface area contributed by atoms with Crippen molar-refractivity contribution in [2.24, 2.45) is 0 Å². The van der Waals surface area contributed by atoms with E-state index in [2.05, 4.69) is 54.4 Å². The summed E-state index contributed by atoms with van der Waals surface area (Å²) >= 11 is 0. The summed E-state index contributed by atoms with van der Waals surface area (Å²) < 4.78 is 0. The summed E-state index contributed by atoms with van der Waals surface area (Å²) in [5.74, 6) is 0. The predicted molar refractivity (Wildman–Crippen MR) is 60.7 cm³/mol. The van der Waals surface area contributed by atoms with Gasteiger partial charge in [0.25, 0.3) is 0 Å². The standard InChI is InChI=1S/C12H18N2/c1-10-9-14(11(2)8-13-10)12-6-4-3-5-7-12/h3-7,10-11,13H,8-9H2,1-2H3/t10-,11+/m1/s1. The molecule has 2 heteroatoms. The van der Waals surface area contributed by atoms with Crippen LogP contribution in [0.1, 0.15) is 13.8 Å². The summed E-state index contributed by atoms with van der Waals surface area (Å²) in [5.41, 5.74) is 1.34. The van der Waals surface area contributed by atoms with Gasteiger partial charge in [-0.05, 0) is 26.0 Å². The molecule has 0 bridgehead atoms. The first-order valence-corrected chi connectivity index (χ1v) is 5.32. The molecule has 76 valence electrons. The van der Waals surface area contributed by atoms with Crippen LogP contribution in [0.15, 0.2) is 30.3 Å². The molecule has 1 aromatic carbocycles. The molecule has 0 unspecified atom stereocenters. The lowest BCUT2D eigenvalue weighted by Crippen LogP contribution is -2.54. The van der Waals surface area contributed by atoms with Gasteiger partial charge >= 0.3 is 0 Å². The molecule has 0 aliphatic carbocycles. The molecular formula is C12H18N2. The fraction of sp³-hybridized carbons (Fsp3) is 0.500. The van der Waals surface area contributed by atoms with E-state index < -0.39 is 0 Å². The molecule has 14 heavy (non-hydrogen) atoms. The van der Waals surface area contributed by atoms with Gasteiger partial charge in [-0.1, -0.05) is 18.2 Å². The number of rotatable bonds is 1. The fourth-order valence-electron chi connectivity index (χ4n) is 2.00. The van der Waals surface area contributed by atoms with Gasteiger partial charge in [-0.15, -0.1) is 0 Å². The predicted octanol–water partition coefficient (Wildman–Crippen LogP) is 1.87. The summed E-state index contributed by atoms with van der Waals surface area (Å²) in [6.45, 7) is 6.69. The first kappa shape index (κ1) is 9.53. The molecule has 1 heterocycles. The Morgan fingerprint density at radius 3 is 2.64 bits per heavy atom. The van der Waals surface area contributed by atoms with Crippen LogP contribution in [0.25, 0.3) is 0 Å². The van der Waals surface area contributed by atoms with Crippen LogP contribution < -0.4 is 10.2 Å². The summed E-state index contributed by atoms with van der Waals surface area (Å²) in [4.78, 5) is 2.47. The van der Waals surface area contributed by atoms with E-state index in [9.17, 15) is 0 Å². The van der Waals surface area contributed by atoms with Gasteiger partial charge in [-0.25, -0.2) is 0 Å². The Labute approximate surface area is 85.9 Å². The van der Waals surface area contributed by atoms with Crippen LogP contribution in [0, 0.1) is 0 Å². The number of benzene rings is 1. The molecule has 2 atom stereocenters. The van der Waals surface area contributed by atoms with Gasteiger partial charge in [0.2, 0.25) is 0 Å². The van der Waals surface area contributed by atoms with Crippen molar-refractivity contribution in [3.63, 3.8) is 0 Å². The van der Waals surface area contributed by atoms with Gasteiger partial charge < -0.3 is 10.2 Å². The van der Waals surface area contributed by atoms with Crippen LogP contribution >= 0.6 is 0 Å². The minimum absolute atomic E-state index is 0.589. The van der Waals surface area contributed by atoms with Crippen LogP contribution in [0.3, 0.4) is 0 Å². The average molecular weight is 190 g/mol. The molecule has 1 fully saturated rings. The third-order valence-electron chi connectivity index (χ3n) is 2.85. The summed E-state index contributed by atoms with van der Waals surface area (Å²) in [6, 6.07) is 11.8. The first-order chi connectivity index (χ1) is 6.77. The minimum Gasteiger partial charge on any atom is -0.366 e. The van der Waals surface area contributed by atoms with Crippen molar-refractivity contribution in [2.45, 2.75) is 25.9 Å². The van der Waals surface area contributed by atoms with Crippen LogP contribution in [0.4, 0.5) is 5.69 Å². The highest BCUT2D eigenvalue weighted by atomic mass is 15.2. The topological polar surface area (TPSA) is 15.3 Å². The molecule has 1 aromatic rings. The molecule has 1 aliphatic rings. The number of nitrogens with zero attached hydrogens (tertiary/aromatic N) is 1. The largest absolute Gasteiger partial charge is 0.366 e. The third-order valence-corrected chi connectivity index (χ3v) is 2.85. The molecule has 2 nitrogen and oxygen atoms in total. The molecule has 0 spiro atoms. The quantitative estimate of drug-likeness (QED) is 0.727. The van der Waals surface area contributed by atoms with Gasteiger partial charge in [-0.2, -0.15) is 0 Å². The highest BCUT2D eigenvalue weighted by Gasteiger charge is 2.21. The Morgan fingerprint density at radius 1 is 1.21 bits per heavy atom. The highest BCUT2D eigenvalue weighted by Crippen LogP contribution is 2.18. The Hall–Kier alpha value is -1.02. The van der Waals surface area contributed by atoms with Crippen molar-refractivity contribution in [3.05, 3.63) is 30.3 Å². The van der Waals surface area contributed by atoms with Gasteiger partial charge in [0.15, 0.2) is 0 Å². The highest BCUT2D eigenvalue weighted by molar-refractivity contribution is 5.47. The maximum absolute atomic E-state index is 3.49. The molecule has 1 aliphatic heterocycles. The summed E-state index contributed by atoms with van der Waals surface area (Å²) in [7, 11) is 0. The Kier molecular flexibility index (Phi) is 2.73. The molecule has 1 saturated heterocycles. The summed E-state index contributed by atoms with van der Waals surface area (Å²) in [6.07, 6.45) is 0. The number of para-hydroxylation sites is 1. The van der Waals surface area contributed by atoms with Crippen molar-refractivity contribution in [1.29, 1.82) is 0 Å². The van der Waals surface area contributed by atoms with E-state index in [4.69, 9.17) is 0 Å². The van der Waals surface area contributed by atoms with Crippen molar-refractivity contribution >= 4 is 5.69 Å². The molecule has 1 N–H and O–H groups in total. The molecule has 2 rings (SSSR count). The van der Waals surface area contributed by atoms with Gasteiger partial charge in [0.1, 0.15) is 0 Å². The van der Waals surface area contributed by atoms with Crippen molar-refractivity contribution < 1.29 is 0 Å². The lowest BCUT2D eigenvalue weighted by Gasteiger charge is -2.39. The van der Waals surface area contributed by atoms with E-state index in [1.54, 1.807) is 0 Å². The number of anilines is 1. The molecular weight excluding hydrogens is 172 g/mol. The maximum atomic E-state index is 3.49. The van der Waals surface area contributed by atoms with Crippen molar-refractivity contribution in [1.82, 2.24) is 5.32 Å². The zero-order valence-corrected chi connectivity index (χ0v) is 8.90. The van der Waals surface area contributed by atoms with Crippen LogP contribution in [-0.4, -0.2) is 25.2 Å². The second-order valence-electron chi connectivity index (χ2n) is 4.15. The first-order valence-electron chi connectivity index (χ1n) is 5.32. The van der Waals surface area contributed by atoms with Gasteiger partial charge in [-0.3, -0.25) is 0 Å². The molecule has 0 saturated carbocycles. The van der Waals surface area contributed by atoms with Gasteiger partial charge in [0, 0.05) is 30.9 Å². The van der Waals surface area contributed by atoms with Crippen LogP contribution in [-0.2, 0) is 0 Å². The number of nitrogens with one attached hydrogen (secondary N) is 1. The van der Waals surface area contributed by atoms with Crippen LogP contribution in [0.2, 0.25) is 0 Å². The normalized spacial score (nSPS) is 27.7. The molecule has 0 amide bonds. The third kappa shape index (κ3) is 1.90. The van der Waals surface area contributed by atoms with E-state index >= 15 is 0 Å². The average Bonchev–Trinajstić information content (AvgIpc) is 2.23. The van der Waals surface area contributed by atoms with Crippen molar-refractivity contribution in [2.75, 3.05) is 18.0 Å². The van der Waals surface area contributed by atoms with Gasteiger partial charge in [0.05, 0.1) is 0 Å². The second-order valence-corrected chi connectivity index (χ2v) is 4.15. The Balaban J connectivity index is 2.16. The number of hydrogen-bond acceptors (Lipinski definition) is 2. The Morgan fingerprint density at radius 2 is 1.93 bits per heavy atom. The zero-order valence-electron chi connectivity index (χ0n) is 8.90. The monoisotopic (exact) mass is 190 g/mol. The van der Waals surface area contributed by atoms with E-state index in [-0.39, 0.29) is 0 Å². The second kappa shape index (κ2) is 4.01. The lowest BCUT2D eigenvalue weighted by atomic mass is 10.1. The van der Waals surface area contributed by atoms with Crippen molar-refractivity contribution in [3.8, 4) is 0 Å². The van der Waals surface area contributed by atoms with Crippen LogP contribution in [0.5, 0.6) is 0 Å². The lowest BCUT2D eigenvalue weighted by molar-refractivity contribution is 0.425. The van der Waals surface area contributed by atoms with E-state index in [1.165, 1.54) is 5.69 Å².